The van der Waals surface area contributed by atoms with Crippen molar-refractivity contribution in [2.24, 2.45) is 0 Å². The van der Waals surface area contributed by atoms with E-state index in [1.54, 1.807) is 11.3 Å². The second kappa shape index (κ2) is 7.37. The van der Waals surface area contributed by atoms with E-state index in [1.807, 2.05) is 41.1 Å². The van der Waals surface area contributed by atoms with E-state index in [0.717, 1.165) is 34.3 Å². The highest BCUT2D eigenvalue weighted by Crippen LogP contribution is 2.30. The predicted molar refractivity (Wildman–Crippen MR) is 106 cm³/mol. The van der Waals surface area contributed by atoms with Crippen molar-refractivity contribution in [3.05, 3.63) is 52.9 Å². The topological polar surface area (TPSA) is 45.2 Å². The Morgan fingerprint density at radius 3 is 2.68 bits per heavy atom. The third kappa shape index (κ3) is 3.60. The Morgan fingerprint density at radius 1 is 1.04 bits per heavy atom. The Bertz CT molecular complexity index is 851. The van der Waals surface area contributed by atoms with Gasteiger partial charge in [0.15, 0.2) is 0 Å². The molecule has 3 heterocycles. The zero-order valence-corrected chi connectivity index (χ0v) is 15.4. The van der Waals surface area contributed by atoms with Gasteiger partial charge in [-0.25, -0.2) is 4.98 Å². The molecule has 25 heavy (non-hydrogen) atoms. The number of nitrogens with zero attached hydrogens (tertiary/aromatic N) is 2. The molecule has 0 saturated carbocycles. The van der Waals surface area contributed by atoms with Crippen molar-refractivity contribution >= 4 is 40.0 Å². The van der Waals surface area contributed by atoms with Crippen LogP contribution in [0.1, 0.15) is 29.8 Å². The average molecular weight is 370 g/mol. The first kappa shape index (κ1) is 16.3. The summed E-state index contributed by atoms with van der Waals surface area (Å²) in [4.78, 5) is 20.6. The summed E-state index contributed by atoms with van der Waals surface area (Å²) in [5.74, 6) is -0.150. The van der Waals surface area contributed by atoms with E-state index in [0.29, 0.717) is 5.69 Å². The Balaban J connectivity index is 1.53. The number of para-hydroxylation sites is 2. The second-order valence-corrected chi connectivity index (χ2v) is 7.84. The molecule has 1 aliphatic rings. The van der Waals surface area contributed by atoms with Crippen LogP contribution in [0, 0.1) is 0 Å². The van der Waals surface area contributed by atoms with E-state index in [1.165, 1.54) is 30.6 Å². The molecule has 3 aromatic rings. The van der Waals surface area contributed by atoms with Gasteiger partial charge in [-0.2, -0.15) is 0 Å². The van der Waals surface area contributed by atoms with Crippen molar-refractivity contribution < 1.29 is 4.79 Å². The lowest BCUT2D eigenvalue weighted by Gasteiger charge is -2.30. The van der Waals surface area contributed by atoms with E-state index >= 15 is 0 Å². The smallest absolute Gasteiger partial charge is 0.275 e. The number of rotatable bonds is 4. The molecular formula is C19H19N3OS2. The zero-order valence-electron chi connectivity index (χ0n) is 13.8. The van der Waals surface area contributed by atoms with Crippen LogP contribution in [0.2, 0.25) is 0 Å². The van der Waals surface area contributed by atoms with E-state index in [-0.39, 0.29) is 5.91 Å². The highest BCUT2D eigenvalue weighted by molar-refractivity contribution is 7.20. The van der Waals surface area contributed by atoms with Crippen molar-refractivity contribution in [2.45, 2.75) is 19.3 Å². The van der Waals surface area contributed by atoms with Crippen LogP contribution >= 0.6 is 22.7 Å². The minimum Gasteiger partial charge on any atom is -0.370 e. The van der Waals surface area contributed by atoms with E-state index < -0.39 is 0 Å². The molecule has 1 N–H and O–H groups in total. The number of piperidine rings is 1. The Hall–Kier alpha value is -2.18. The molecule has 0 bridgehead atoms. The van der Waals surface area contributed by atoms with Crippen LogP contribution < -0.4 is 10.2 Å². The number of aromatic nitrogens is 1. The maximum absolute atomic E-state index is 12.6. The van der Waals surface area contributed by atoms with Crippen LogP contribution in [-0.4, -0.2) is 24.0 Å². The fourth-order valence-electron chi connectivity index (χ4n) is 3.07. The van der Waals surface area contributed by atoms with Crippen molar-refractivity contribution in [3.8, 4) is 9.88 Å². The summed E-state index contributed by atoms with van der Waals surface area (Å²) in [6.45, 7) is 2.10. The van der Waals surface area contributed by atoms with Gasteiger partial charge in [-0.05, 0) is 42.8 Å². The number of carbonyl (C=O) groups is 1. The molecule has 0 unspecified atom stereocenters. The van der Waals surface area contributed by atoms with Crippen molar-refractivity contribution in [3.63, 3.8) is 0 Å². The number of carbonyl (C=O) groups excluding carboxylic acids is 1. The first-order chi connectivity index (χ1) is 12.3. The summed E-state index contributed by atoms with van der Waals surface area (Å²) in [5.41, 5.74) is 2.44. The van der Waals surface area contributed by atoms with Gasteiger partial charge in [0.25, 0.3) is 5.91 Å². The first-order valence-corrected chi connectivity index (χ1v) is 10.2. The van der Waals surface area contributed by atoms with Crippen LogP contribution in [0.25, 0.3) is 9.88 Å². The van der Waals surface area contributed by atoms with Gasteiger partial charge in [-0.1, -0.05) is 18.2 Å². The number of hydrogen-bond acceptors (Lipinski definition) is 5. The summed E-state index contributed by atoms with van der Waals surface area (Å²) in [6, 6.07) is 12.1. The Morgan fingerprint density at radius 2 is 1.88 bits per heavy atom. The average Bonchev–Trinajstić information content (AvgIpc) is 3.34. The minimum atomic E-state index is -0.150. The molecular weight excluding hydrogens is 350 g/mol. The number of hydrogen-bond donors (Lipinski definition) is 1. The number of anilines is 2. The summed E-state index contributed by atoms with van der Waals surface area (Å²) >= 11 is 3.14. The molecule has 2 aromatic heterocycles. The highest BCUT2D eigenvalue weighted by atomic mass is 32.1. The lowest BCUT2D eigenvalue weighted by Crippen LogP contribution is -2.30. The zero-order chi connectivity index (χ0) is 17.1. The molecule has 1 amide bonds. The molecule has 1 fully saturated rings. The minimum absolute atomic E-state index is 0.150. The van der Waals surface area contributed by atoms with Crippen LogP contribution in [0.4, 0.5) is 11.4 Å². The highest BCUT2D eigenvalue weighted by Gasteiger charge is 2.17. The van der Waals surface area contributed by atoms with Gasteiger partial charge < -0.3 is 10.2 Å². The Kier molecular flexibility index (Phi) is 4.81. The third-order valence-corrected chi connectivity index (χ3v) is 6.20. The van der Waals surface area contributed by atoms with E-state index in [9.17, 15) is 4.79 Å². The largest absolute Gasteiger partial charge is 0.370 e. The SMILES string of the molecule is O=C(Nc1ccccc1N1CCCCC1)c1csc(-c2cccs2)n1. The van der Waals surface area contributed by atoms with Gasteiger partial charge >= 0.3 is 0 Å². The molecule has 1 aliphatic heterocycles. The number of benzene rings is 1. The molecule has 4 nitrogen and oxygen atoms in total. The lowest BCUT2D eigenvalue weighted by molar-refractivity contribution is 0.102. The maximum Gasteiger partial charge on any atom is 0.275 e. The van der Waals surface area contributed by atoms with Crippen LogP contribution in [0.15, 0.2) is 47.2 Å². The van der Waals surface area contributed by atoms with Crippen molar-refractivity contribution in [1.82, 2.24) is 4.98 Å². The number of nitrogens with one attached hydrogen (secondary N) is 1. The van der Waals surface area contributed by atoms with Crippen LogP contribution in [0.5, 0.6) is 0 Å². The monoisotopic (exact) mass is 369 g/mol. The molecule has 4 rings (SSSR count). The first-order valence-electron chi connectivity index (χ1n) is 8.46. The van der Waals surface area contributed by atoms with Crippen molar-refractivity contribution in [1.29, 1.82) is 0 Å². The maximum atomic E-state index is 12.6. The molecule has 0 spiro atoms. The Labute approximate surface area is 155 Å². The summed E-state index contributed by atoms with van der Waals surface area (Å²) < 4.78 is 0. The van der Waals surface area contributed by atoms with E-state index in [4.69, 9.17) is 0 Å². The molecule has 0 aliphatic carbocycles. The van der Waals surface area contributed by atoms with Gasteiger partial charge in [0.2, 0.25) is 0 Å². The quantitative estimate of drug-likeness (QED) is 0.695. The number of thiazole rings is 1. The molecule has 1 aromatic carbocycles. The predicted octanol–water partition coefficient (Wildman–Crippen LogP) is 5.11. The van der Waals surface area contributed by atoms with Gasteiger partial charge in [0.05, 0.1) is 16.3 Å². The fraction of sp³-hybridized carbons (Fsp3) is 0.263. The molecule has 1 saturated heterocycles. The van der Waals surface area contributed by atoms with Gasteiger partial charge in [0, 0.05) is 18.5 Å². The molecule has 6 heteroatoms. The number of thiophene rings is 1. The van der Waals surface area contributed by atoms with Crippen LogP contribution in [-0.2, 0) is 0 Å². The molecule has 0 radical (unpaired) electrons. The van der Waals surface area contributed by atoms with Gasteiger partial charge in [-0.3, -0.25) is 4.79 Å². The lowest BCUT2D eigenvalue weighted by atomic mass is 10.1. The fourth-order valence-corrected chi connectivity index (χ4v) is 4.68. The molecule has 128 valence electrons. The summed E-state index contributed by atoms with van der Waals surface area (Å²) in [5, 5.41) is 7.79. The molecule has 0 atom stereocenters. The van der Waals surface area contributed by atoms with Gasteiger partial charge in [0.1, 0.15) is 10.7 Å². The standard InChI is InChI=1S/C19H19N3OS2/c23-18(15-13-25-19(21-15)17-9-6-12-24-17)20-14-7-2-3-8-16(14)22-10-4-1-5-11-22/h2-3,6-9,12-13H,1,4-5,10-11H2,(H,20,23). The normalized spacial score (nSPS) is 14.5. The third-order valence-electron chi connectivity index (χ3n) is 4.32. The van der Waals surface area contributed by atoms with Gasteiger partial charge in [-0.15, -0.1) is 22.7 Å². The summed E-state index contributed by atoms with van der Waals surface area (Å²) in [6.07, 6.45) is 3.70. The van der Waals surface area contributed by atoms with Crippen molar-refractivity contribution in [2.75, 3.05) is 23.3 Å². The van der Waals surface area contributed by atoms with E-state index in [2.05, 4.69) is 21.3 Å². The second-order valence-electron chi connectivity index (χ2n) is 6.03. The summed E-state index contributed by atoms with van der Waals surface area (Å²) in [7, 11) is 0. The number of amides is 1. The van der Waals surface area contributed by atoms with Crippen LogP contribution in [0.3, 0.4) is 0 Å².